The maximum Gasteiger partial charge on any atom is 0.234 e. The minimum atomic E-state index is 0.106. The molecule has 2 atom stereocenters. The molecule has 0 aliphatic carbocycles. The summed E-state index contributed by atoms with van der Waals surface area (Å²) in [6.45, 7) is 10.8. The summed E-state index contributed by atoms with van der Waals surface area (Å²) in [5.41, 5.74) is 6.19. The van der Waals surface area contributed by atoms with E-state index in [-0.39, 0.29) is 23.4 Å². The van der Waals surface area contributed by atoms with Gasteiger partial charge in [0.05, 0.1) is 6.54 Å². The van der Waals surface area contributed by atoms with E-state index < -0.39 is 0 Å². The second-order valence-corrected chi connectivity index (χ2v) is 5.97. The molecule has 0 aromatic carbocycles. The van der Waals surface area contributed by atoms with Gasteiger partial charge in [-0.3, -0.25) is 9.69 Å². The van der Waals surface area contributed by atoms with Gasteiger partial charge in [0.25, 0.3) is 0 Å². The highest BCUT2D eigenvalue weighted by atomic mass is 16.2. The van der Waals surface area contributed by atoms with Gasteiger partial charge in [0, 0.05) is 25.2 Å². The number of carbonyl (C=O) groups excluding carboxylic acids is 1. The second kappa shape index (κ2) is 5.83. The van der Waals surface area contributed by atoms with Gasteiger partial charge in [-0.1, -0.05) is 20.8 Å². The topological polar surface area (TPSA) is 58.4 Å². The Hall–Kier alpha value is -0.610. The number of hydrogen-bond acceptors (Lipinski definition) is 3. The summed E-state index contributed by atoms with van der Waals surface area (Å²) in [5, 5.41) is 3.00. The number of carbonyl (C=O) groups is 1. The molecular weight excluding hydrogens is 214 g/mol. The average molecular weight is 241 g/mol. The summed E-state index contributed by atoms with van der Waals surface area (Å²) in [5.74, 6) is 0.130. The van der Waals surface area contributed by atoms with Crippen LogP contribution < -0.4 is 11.1 Å². The van der Waals surface area contributed by atoms with Gasteiger partial charge in [0.1, 0.15) is 0 Å². The van der Waals surface area contributed by atoms with Crippen LogP contribution in [-0.2, 0) is 4.79 Å². The fourth-order valence-corrected chi connectivity index (χ4v) is 2.25. The predicted octanol–water partition coefficient (Wildman–Crippen LogP) is 0.960. The smallest absolute Gasteiger partial charge is 0.234 e. The third-order valence-electron chi connectivity index (χ3n) is 3.78. The minimum absolute atomic E-state index is 0.106. The molecule has 17 heavy (non-hydrogen) atoms. The van der Waals surface area contributed by atoms with Crippen molar-refractivity contribution in [1.29, 1.82) is 0 Å². The van der Waals surface area contributed by atoms with Gasteiger partial charge in [-0.05, 0) is 25.2 Å². The van der Waals surface area contributed by atoms with Crippen molar-refractivity contribution in [3.63, 3.8) is 0 Å². The number of piperidine rings is 1. The molecule has 1 heterocycles. The highest BCUT2D eigenvalue weighted by Crippen LogP contribution is 2.27. The molecule has 4 nitrogen and oxygen atoms in total. The van der Waals surface area contributed by atoms with Crippen molar-refractivity contribution in [1.82, 2.24) is 10.2 Å². The van der Waals surface area contributed by atoms with Crippen LogP contribution in [0.4, 0.5) is 0 Å². The molecule has 4 heteroatoms. The van der Waals surface area contributed by atoms with Crippen LogP contribution in [0.15, 0.2) is 0 Å². The van der Waals surface area contributed by atoms with Gasteiger partial charge < -0.3 is 11.1 Å². The Kier molecular flexibility index (Phi) is 4.95. The normalized spacial score (nSPS) is 26.5. The van der Waals surface area contributed by atoms with Crippen molar-refractivity contribution in [3.8, 4) is 0 Å². The van der Waals surface area contributed by atoms with E-state index in [2.05, 4.69) is 31.0 Å². The van der Waals surface area contributed by atoms with Gasteiger partial charge in [0.2, 0.25) is 5.91 Å². The lowest BCUT2D eigenvalue weighted by molar-refractivity contribution is -0.123. The second-order valence-electron chi connectivity index (χ2n) is 5.97. The first-order valence-corrected chi connectivity index (χ1v) is 6.62. The molecule has 1 amide bonds. The van der Waals surface area contributed by atoms with E-state index in [0.29, 0.717) is 6.54 Å². The first-order chi connectivity index (χ1) is 7.85. The Labute approximate surface area is 105 Å². The van der Waals surface area contributed by atoms with Crippen molar-refractivity contribution in [2.75, 3.05) is 19.6 Å². The highest BCUT2D eigenvalue weighted by molar-refractivity contribution is 5.78. The zero-order chi connectivity index (χ0) is 13.1. The Bertz CT molecular complexity index is 265. The molecule has 0 bridgehead atoms. The SMILES string of the molecule is CCC(C)NC(=O)CN1CCC(N)C(C)(C)C1. The van der Waals surface area contributed by atoms with Crippen LogP contribution in [-0.4, -0.2) is 42.5 Å². The molecule has 0 aromatic heterocycles. The van der Waals surface area contributed by atoms with Crippen LogP contribution in [0.2, 0.25) is 0 Å². The Morgan fingerprint density at radius 1 is 1.59 bits per heavy atom. The largest absolute Gasteiger partial charge is 0.353 e. The number of hydrogen-bond donors (Lipinski definition) is 2. The van der Waals surface area contributed by atoms with Crippen LogP contribution in [0, 0.1) is 5.41 Å². The van der Waals surface area contributed by atoms with E-state index in [9.17, 15) is 4.79 Å². The molecule has 1 rings (SSSR count). The van der Waals surface area contributed by atoms with E-state index in [0.717, 1.165) is 25.9 Å². The quantitative estimate of drug-likeness (QED) is 0.771. The number of nitrogens with zero attached hydrogens (tertiary/aromatic N) is 1. The van der Waals surface area contributed by atoms with Crippen molar-refractivity contribution >= 4 is 5.91 Å². The van der Waals surface area contributed by atoms with Gasteiger partial charge >= 0.3 is 0 Å². The number of rotatable bonds is 4. The summed E-state index contributed by atoms with van der Waals surface area (Å²) < 4.78 is 0. The van der Waals surface area contributed by atoms with Gasteiger partial charge in [-0.2, -0.15) is 0 Å². The molecule has 0 saturated carbocycles. The van der Waals surface area contributed by atoms with Crippen molar-refractivity contribution < 1.29 is 4.79 Å². The summed E-state index contributed by atoms with van der Waals surface area (Å²) in [7, 11) is 0. The minimum Gasteiger partial charge on any atom is -0.353 e. The van der Waals surface area contributed by atoms with E-state index in [4.69, 9.17) is 5.73 Å². The van der Waals surface area contributed by atoms with E-state index in [1.807, 2.05) is 6.92 Å². The maximum atomic E-state index is 11.8. The molecule has 2 unspecified atom stereocenters. The Balaban J connectivity index is 2.40. The van der Waals surface area contributed by atoms with Crippen LogP contribution in [0.25, 0.3) is 0 Å². The number of amides is 1. The molecule has 100 valence electrons. The van der Waals surface area contributed by atoms with Crippen molar-refractivity contribution in [3.05, 3.63) is 0 Å². The number of nitrogens with one attached hydrogen (secondary N) is 1. The van der Waals surface area contributed by atoms with Crippen molar-refractivity contribution in [2.24, 2.45) is 11.1 Å². The molecule has 0 radical (unpaired) electrons. The molecule has 3 N–H and O–H groups in total. The summed E-state index contributed by atoms with van der Waals surface area (Å²) in [4.78, 5) is 14.0. The standard InChI is InChI=1S/C13H27N3O/c1-5-10(2)15-12(17)8-16-7-6-11(14)13(3,4)9-16/h10-11H,5-9,14H2,1-4H3,(H,15,17). The number of nitrogens with two attached hydrogens (primary N) is 1. The number of likely N-dealkylation sites (tertiary alicyclic amines) is 1. The monoisotopic (exact) mass is 241 g/mol. The predicted molar refractivity (Wildman–Crippen MR) is 70.7 cm³/mol. The highest BCUT2D eigenvalue weighted by Gasteiger charge is 2.33. The zero-order valence-electron chi connectivity index (χ0n) is 11.6. The van der Waals surface area contributed by atoms with E-state index in [1.54, 1.807) is 0 Å². The van der Waals surface area contributed by atoms with E-state index in [1.165, 1.54) is 0 Å². The maximum absolute atomic E-state index is 11.8. The van der Waals surface area contributed by atoms with Gasteiger partial charge in [0.15, 0.2) is 0 Å². The summed E-state index contributed by atoms with van der Waals surface area (Å²) in [6, 6.07) is 0.513. The van der Waals surface area contributed by atoms with Crippen LogP contribution in [0.5, 0.6) is 0 Å². The molecule has 1 aliphatic heterocycles. The fraction of sp³-hybridized carbons (Fsp3) is 0.923. The summed E-state index contributed by atoms with van der Waals surface area (Å²) >= 11 is 0. The molecule has 1 aliphatic rings. The van der Waals surface area contributed by atoms with Crippen LogP contribution >= 0.6 is 0 Å². The lowest BCUT2D eigenvalue weighted by Crippen LogP contribution is -2.54. The van der Waals surface area contributed by atoms with E-state index >= 15 is 0 Å². The van der Waals surface area contributed by atoms with Crippen LogP contribution in [0.1, 0.15) is 40.5 Å². The van der Waals surface area contributed by atoms with Gasteiger partial charge in [-0.25, -0.2) is 0 Å². The average Bonchev–Trinajstić information content (AvgIpc) is 2.22. The lowest BCUT2D eigenvalue weighted by atomic mass is 9.80. The molecule has 1 saturated heterocycles. The Morgan fingerprint density at radius 2 is 2.24 bits per heavy atom. The summed E-state index contributed by atoms with van der Waals surface area (Å²) in [6.07, 6.45) is 1.95. The van der Waals surface area contributed by atoms with Crippen LogP contribution in [0.3, 0.4) is 0 Å². The third kappa shape index (κ3) is 4.28. The van der Waals surface area contributed by atoms with Gasteiger partial charge in [-0.15, -0.1) is 0 Å². The third-order valence-corrected chi connectivity index (χ3v) is 3.78. The van der Waals surface area contributed by atoms with Crippen molar-refractivity contribution in [2.45, 2.75) is 52.6 Å². The lowest BCUT2D eigenvalue weighted by Gasteiger charge is -2.42. The first kappa shape index (κ1) is 14.5. The fourth-order valence-electron chi connectivity index (χ4n) is 2.25. The molecule has 1 fully saturated rings. The molecular formula is C13H27N3O. The first-order valence-electron chi connectivity index (χ1n) is 6.62. The Morgan fingerprint density at radius 3 is 2.76 bits per heavy atom. The molecule has 0 aromatic rings. The molecule has 0 spiro atoms. The zero-order valence-corrected chi connectivity index (χ0v) is 11.6.